The van der Waals surface area contributed by atoms with E-state index in [9.17, 15) is 9.59 Å². The summed E-state index contributed by atoms with van der Waals surface area (Å²) in [6, 6.07) is 6.84. The summed E-state index contributed by atoms with van der Waals surface area (Å²) in [4.78, 5) is 24.4. The monoisotopic (exact) mass is 205 g/mol. The van der Waals surface area contributed by atoms with E-state index in [0.717, 1.165) is 9.80 Å². The molecule has 0 saturated heterocycles. The summed E-state index contributed by atoms with van der Waals surface area (Å²) < 4.78 is 0. The lowest BCUT2D eigenvalue weighted by atomic mass is 10.3. The van der Waals surface area contributed by atoms with E-state index in [1.54, 1.807) is 24.3 Å². The van der Waals surface area contributed by atoms with E-state index in [4.69, 9.17) is 0 Å². The molecule has 2 rings (SSSR count). The number of nitrogens with zero attached hydrogens (tertiary/aromatic N) is 1. The molecule has 3 nitrogen and oxygen atoms in total. The minimum atomic E-state index is -0.304. The molecule has 1 aliphatic rings. The standard InChI is InChI=1S/C10H7NO2S/c12-9-5-6-10(13)11(9)7-1-3-8(14)4-2-7/h1-6,14H. The van der Waals surface area contributed by atoms with Gasteiger partial charge in [0.1, 0.15) is 0 Å². The molecule has 0 radical (unpaired) electrons. The molecule has 14 heavy (non-hydrogen) atoms. The van der Waals surface area contributed by atoms with Gasteiger partial charge in [0.05, 0.1) is 5.69 Å². The molecule has 0 bridgehead atoms. The molecule has 1 heterocycles. The van der Waals surface area contributed by atoms with E-state index in [1.807, 2.05) is 0 Å². The SMILES string of the molecule is O=C1C=CC(=O)N1c1ccc(S)cc1. The van der Waals surface area contributed by atoms with E-state index in [0.29, 0.717) is 5.69 Å². The van der Waals surface area contributed by atoms with Crippen LogP contribution in [0.4, 0.5) is 5.69 Å². The predicted octanol–water partition coefficient (Wildman–Crippen LogP) is 1.40. The number of hydrogen-bond donors (Lipinski definition) is 1. The maximum Gasteiger partial charge on any atom is 0.258 e. The first-order chi connectivity index (χ1) is 6.68. The van der Waals surface area contributed by atoms with Crippen molar-refractivity contribution >= 4 is 30.1 Å². The molecule has 0 aromatic heterocycles. The zero-order chi connectivity index (χ0) is 10.1. The third-order valence-corrected chi connectivity index (χ3v) is 2.22. The quantitative estimate of drug-likeness (QED) is 0.556. The summed E-state index contributed by atoms with van der Waals surface area (Å²) >= 11 is 4.12. The molecule has 0 spiro atoms. The van der Waals surface area contributed by atoms with Gasteiger partial charge >= 0.3 is 0 Å². The van der Waals surface area contributed by atoms with E-state index >= 15 is 0 Å². The van der Waals surface area contributed by atoms with E-state index in [-0.39, 0.29) is 11.8 Å². The van der Waals surface area contributed by atoms with Gasteiger partial charge < -0.3 is 0 Å². The molecule has 0 N–H and O–H groups in total. The fraction of sp³-hybridized carbons (Fsp3) is 0. The van der Waals surface area contributed by atoms with Crippen LogP contribution in [-0.4, -0.2) is 11.8 Å². The van der Waals surface area contributed by atoms with Gasteiger partial charge in [0.15, 0.2) is 0 Å². The first-order valence-electron chi connectivity index (χ1n) is 4.03. The minimum Gasteiger partial charge on any atom is -0.269 e. The summed E-state index contributed by atoms with van der Waals surface area (Å²) in [5.41, 5.74) is 0.572. The summed E-state index contributed by atoms with van der Waals surface area (Å²) in [7, 11) is 0. The van der Waals surface area contributed by atoms with Crippen molar-refractivity contribution in [2.75, 3.05) is 4.90 Å². The maximum absolute atomic E-state index is 11.3. The second kappa shape index (κ2) is 3.31. The van der Waals surface area contributed by atoms with Crippen LogP contribution in [-0.2, 0) is 9.59 Å². The van der Waals surface area contributed by atoms with Crippen LogP contribution in [0.5, 0.6) is 0 Å². The Kier molecular flexibility index (Phi) is 2.13. The van der Waals surface area contributed by atoms with Crippen LogP contribution in [0.2, 0.25) is 0 Å². The van der Waals surface area contributed by atoms with Crippen LogP contribution in [0.15, 0.2) is 41.3 Å². The summed E-state index contributed by atoms with van der Waals surface area (Å²) in [6.07, 6.45) is 2.52. The van der Waals surface area contributed by atoms with E-state index < -0.39 is 0 Å². The molecule has 1 aromatic carbocycles. The second-order valence-corrected chi connectivity index (χ2v) is 3.38. The first-order valence-corrected chi connectivity index (χ1v) is 4.48. The van der Waals surface area contributed by atoms with Crippen molar-refractivity contribution in [3.8, 4) is 0 Å². The van der Waals surface area contributed by atoms with Gasteiger partial charge in [0.25, 0.3) is 11.8 Å². The van der Waals surface area contributed by atoms with Crippen molar-refractivity contribution < 1.29 is 9.59 Å². The highest BCUT2D eigenvalue weighted by molar-refractivity contribution is 7.80. The molecule has 4 heteroatoms. The van der Waals surface area contributed by atoms with Gasteiger partial charge in [0.2, 0.25) is 0 Å². The molecular formula is C10H7NO2S. The van der Waals surface area contributed by atoms with Crippen molar-refractivity contribution in [2.24, 2.45) is 0 Å². The zero-order valence-corrected chi connectivity index (χ0v) is 8.07. The van der Waals surface area contributed by atoms with Gasteiger partial charge in [-0.05, 0) is 24.3 Å². The van der Waals surface area contributed by atoms with Crippen molar-refractivity contribution in [1.82, 2.24) is 0 Å². The molecule has 0 aliphatic carbocycles. The van der Waals surface area contributed by atoms with Crippen LogP contribution >= 0.6 is 12.6 Å². The van der Waals surface area contributed by atoms with Crippen LogP contribution in [0.25, 0.3) is 0 Å². The third kappa shape index (κ3) is 1.44. The zero-order valence-electron chi connectivity index (χ0n) is 7.18. The number of carbonyl (C=O) groups is 2. The molecule has 2 amide bonds. The topological polar surface area (TPSA) is 37.4 Å². The van der Waals surface area contributed by atoms with E-state index in [2.05, 4.69) is 12.6 Å². The highest BCUT2D eigenvalue weighted by Crippen LogP contribution is 2.20. The lowest BCUT2D eigenvalue weighted by molar-refractivity contribution is -0.119. The van der Waals surface area contributed by atoms with Gasteiger partial charge in [-0.25, -0.2) is 4.90 Å². The number of hydrogen-bond acceptors (Lipinski definition) is 3. The number of rotatable bonds is 1. The number of anilines is 1. The summed E-state index contributed by atoms with van der Waals surface area (Å²) in [5.74, 6) is -0.608. The van der Waals surface area contributed by atoms with Crippen molar-refractivity contribution in [2.45, 2.75) is 4.90 Å². The average molecular weight is 205 g/mol. The van der Waals surface area contributed by atoms with Crippen LogP contribution in [0.1, 0.15) is 0 Å². The van der Waals surface area contributed by atoms with Gasteiger partial charge in [-0.3, -0.25) is 9.59 Å². The number of thiol groups is 1. The molecule has 1 aromatic rings. The van der Waals surface area contributed by atoms with Crippen LogP contribution in [0.3, 0.4) is 0 Å². The lowest BCUT2D eigenvalue weighted by Gasteiger charge is -2.13. The highest BCUT2D eigenvalue weighted by Gasteiger charge is 2.24. The van der Waals surface area contributed by atoms with E-state index in [1.165, 1.54) is 12.2 Å². The first kappa shape index (κ1) is 9.02. The molecule has 0 fully saturated rings. The number of amides is 2. The molecule has 0 atom stereocenters. The second-order valence-electron chi connectivity index (χ2n) is 2.86. The summed E-state index contributed by atoms with van der Waals surface area (Å²) in [6.45, 7) is 0. The Bertz CT molecular complexity index is 404. The fourth-order valence-corrected chi connectivity index (χ4v) is 1.41. The number of carbonyl (C=O) groups excluding carboxylic acids is 2. The van der Waals surface area contributed by atoms with Crippen LogP contribution in [0, 0.1) is 0 Å². The maximum atomic E-state index is 11.3. The Balaban J connectivity index is 2.36. The Labute approximate surface area is 86.4 Å². The lowest BCUT2D eigenvalue weighted by Crippen LogP contribution is -2.29. The Morgan fingerprint density at radius 3 is 1.93 bits per heavy atom. The van der Waals surface area contributed by atoms with Gasteiger partial charge in [-0.1, -0.05) is 0 Å². The average Bonchev–Trinajstić information content (AvgIpc) is 2.49. The molecule has 70 valence electrons. The smallest absolute Gasteiger partial charge is 0.258 e. The van der Waals surface area contributed by atoms with Crippen molar-refractivity contribution in [3.63, 3.8) is 0 Å². The van der Waals surface area contributed by atoms with Crippen molar-refractivity contribution in [1.29, 1.82) is 0 Å². The Morgan fingerprint density at radius 1 is 0.929 bits per heavy atom. The fourth-order valence-electron chi connectivity index (χ4n) is 1.26. The predicted molar refractivity (Wildman–Crippen MR) is 55.3 cm³/mol. The normalized spacial score (nSPS) is 15.4. The number of imide groups is 1. The molecule has 0 saturated carbocycles. The minimum absolute atomic E-state index is 0.304. The van der Waals surface area contributed by atoms with Crippen molar-refractivity contribution in [3.05, 3.63) is 36.4 Å². The van der Waals surface area contributed by atoms with Gasteiger partial charge in [-0.2, -0.15) is 0 Å². The van der Waals surface area contributed by atoms with Gasteiger partial charge in [-0.15, -0.1) is 12.6 Å². The highest BCUT2D eigenvalue weighted by atomic mass is 32.1. The third-order valence-electron chi connectivity index (χ3n) is 1.92. The number of benzene rings is 1. The van der Waals surface area contributed by atoms with Gasteiger partial charge in [0, 0.05) is 17.0 Å². The molecular weight excluding hydrogens is 198 g/mol. The Morgan fingerprint density at radius 2 is 1.43 bits per heavy atom. The van der Waals surface area contributed by atoms with Crippen LogP contribution < -0.4 is 4.90 Å². The molecule has 1 aliphatic heterocycles. The summed E-state index contributed by atoms with van der Waals surface area (Å²) in [5, 5.41) is 0. The Hall–Kier alpha value is -1.55. The largest absolute Gasteiger partial charge is 0.269 e. The molecule has 0 unspecified atom stereocenters.